The van der Waals surface area contributed by atoms with Crippen LogP contribution in [0.4, 0.5) is 11.5 Å². The number of nitrogens with two attached hydrogens (primary N) is 1. The van der Waals surface area contributed by atoms with Gasteiger partial charge in [0, 0.05) is 36.8 Å². The van der Waals surface area contributed by atoms with Crippen LogP contribution in [0.3, 0.4) is 0 Å². The summed E-state index contributed by atoms with van der Waals surface area (Å²) < 4.78 is 10.9. The minimum Gasteiger partial charge on any atom is -0.493 e. The van der Waals surface area contributed by atoms with E-state index >= 15 is 0 Å². The van der Waals surface area contributed by atoms with Gasteiger partial charge in [-0.3, -0.25) is 4.79 Å². The monoisotopic (exact) mass is 449 g/mol. The zero-order valence-corrected chi connectivity index (χ0v) is 19.4. The number of nitrogens with one attached hydrogen (secondary N) is 1. The Morgan fingerprint density at radius 3 is 2.58 bits per heavy atom. The number of hydrogen-bond donors (Lipinski definition) is 2. The Morgan fingerprint density at radius 1 is 1.12 bits per heavy atom. The van der Waals surface area contributed by atoms with Crippen LogP contribution in [0.2, 0.25) is 0 Å². The molecule has 1 fully saturated rings. The minimum atomic E-state index is -0.106. The Hall–Kier alpha value is -3.55. The molecular weight excluding hydrogens is 418 g/mol. The van der Waals surface area contributed by atoms with Crippen molar-refractivity contribution < 1.29 is 14.3 Å². The largest absolute Gasteiger partial charge is 0.493 e. The summed E-state index contributed by atoms with van der Waals surface area (Å²) >= 11 is 0. The number of fused-ring (bicyclic) bond motifs is 1. The second-order valence-electron chi connectivity index (χ2n) is 8.49. The van der Waals surface area contributed by atoms with Gasteiger partial charge in [-0.05, 0) is 50.3 Å². The van der Waals surface area contributed by atoms with Crippen LogP contribution in [0.5, 0.6) is 11.5 Å². The molecular formula is C25H31N5O3. The zero-order valence-electron chi connectivity index (χ0n) is 19.4. The van der Waals surface area contributed by atoms with Gasteiger partial charge in [0.1, 0.15) is 12.1 Å². The van der Waals surface area contributed by atoms with E-state index in [9.17, 15) is 4.79 Å². The zero-order chi connectivity index (χ0) is 23.4. The SMILES string of the molecule is COc1cc2ncnc(N3CCC(CCNC(=O)c4cc(C)ccc4N)CC3)c2cc1OC. The Labute approximate surface area is 194 Å². The number of aryl methyl sites for hydroxylation is 1. The molecule has 1 aliphatic rings. The number of amides is 1. The van der Waals surface area contributed by atoms with Gasteiger partial charge in [-0.25, -0.2) is 9.97 Å². The smallest absolute Gasteiger partial charge is 0.253 e. The predicted octanol–water partition coefficient (Wildman–Crippen LogP) is 3.57. The van der Waals surface area contributed by atoms with E-state index in [-0.39, 0.29) is 5.91 Å². The highest BCUT2D eigenvalue weighted by Gasteiger charge is 2.23. The maximum Gasteiger partial charge on any atom is 0.253 e. The minimum absolute atomic E-state index is 0.106. The van der Waals surface area contributed by atoms with Crippen LogP contribution in [0, 0.1) is 12.8 Å². The molecule has 0 atom stereocenters. The van der Waals surface area contributed by atoms with Crippen molar-refractivity contribution in [2.75, 3.05) is 44.5 Å². The number of carbonyl (C=O) groups excluding carboxylic acids is 1. The van der Waals surface area contributed by atoms with Gasteiger partial charge in [-0.15, -0.1) is 0 Å². The van der Waals surface area contributed by atoms with Gasteiger partial charge in [-0.2, -0.15) is 0 Å². The van der Waals surface area contributed by atoms with Crippen LogP contribution in [-0.4, -0.2) is 49.7 Å². The van der Waals surface area contributed by atoms with Gasteiger partial charge in [0.05, 0.1) is 25.3 Å². The van der Waals surface area contributed by atoms with E-state index in [1.165, 1.54) is 0 Å². The van der Waals surface area contributed by atoms with Crippen molar-refractivity contribution in [2.24, 2.45) is 5.92 Å². The van der Waals surface area contributed by atoms with Crippen molar-refractivity contribution in [3.05, 3.63) is 47.8 Å². The molecule has 1 amide bonds. The van der Waals surface area contributed by atoms with Crippen molar-refractivity contribution in [1.82, 2.24) is 15.3 Å². The van der Waals surface area contributed by atoms with Gasteiger partial charge in [0.2, 0.25) is 0 Å². The van der Waals surface area contributed by atoms with Crippen molar-refractivity contribution in [3.63, 3.8) is 0 Å². The third kappa shape index (κ3) is 4.94. The fourth-order valence-corrected chi connectivity index (χ4v) is 4.41. The Morgan fingerprint density at radius 2 is 1.85 bits per heavy atom. The highest BCUT2D eigenvalue weighted by molar-refractivity contribution is 5.99. The summed E-state index contributed by atoms with van der Waals surface area (Å²) in [6.07, 6.45) is 4.63. The first kappa shape index (κ1) is 22.6. The number of ether oxygens (including phenoxy) is 2. The van der Waals surface area contributed by atoms with Crippen LogP contribution in [0.25, 0.3) is 10.9 Å². The molecule has 8 heteroatoms. The van der Waals surface area contributed by atoms with Gasteiger partial charge in [-0.1, -0.05) is 11.6 Å². The maximum atomic E-state index is 12.5. The normalized spacial score (nSPS) is 14.3. The lowest BCUT2D eigenvalue weighted by Gasteiger charge is -2.33. The molecule has 33 heavy (non-hydrogen) atoms. The summed E-state index contributed by atoms with van der Waals surface area (Å²) in [5, 5.41) is 3.98. The quantitative estimate of drug-likeness (QED) is 0.532. The summed E-state index contributed by atoms with van der Waals surface area (Å²) in [6, 6.07) is 9.35. The molecule has 4 rings (SSSR count). The molecule has 0 saturated carbocycles. The molecule has 0 spiro atoms. The summed E-state index contributed by atoms with van der Waals surface area (Å²) in [5.41, 5.74) is 8.87. The molecule has 0 bridgehead atoms. The second-order valence-corrected chi connectivity index (χ2v) is 8.49. The number of rotatable bonds is 7. The van der Waals surface area contributed by atoms with Crippen LogP contribution >= 0.6 is 0 Å². The topological polar surface area (TPSA) is 103 Å². The van der Waals surface area contributed by atoms with Crippen molar-refractivity contribution in [2.45, 2.75) is 26.2 Å². The fourth-order valence-electron chi connectivity index (χ4n) is 4.41. The number of carbonyl (C=O) groups is 1. The molecule has 0 unspecified atom stereocenters. The van der Waals surface area contributed by atoms with E-state index in [2.05, 4.69) is 20.2 Å². The van der Waals surface area contributed by atoms with E-state index < -0.39 is 0 Å². The molecule has 1 saturated heterocycles. The number of benzene rings is 2. The molecule has 174 valence electrons. The first-order chi connectivity index (χ1) is 16.0. The number of aromatic nitrogens is 2. The number of nitrogen functional groups attached to an aromatic ring is 1. The first-order valence-electron chi connectivity index (χ1n) is 11.3. The molecule has 0 radical (unpaired) electrons. The lowest BCUT2D eigenvalue weighted by molar-refractivity contribution is 0.0951. The van der Waals surface area contributed by atoms with Crippen molar-refractivity contribution in [3.8, 4) is 11.5 Å². The second kappa shape index (κ2) is 9.94. The van der Waals surface area contributed by atoms with Crippen LogP contribution < -0.4 is 25.4 Å². The molecule has 2 aromatic carbocycles. The van der Waals surface area contributed by atoms with Gasteiger partial charge in [0.25, 0.3) is 5.91 Å². The van der Waals surface area contributed by atoms with Crippen molar-refractivity contribution in [1.29, 1.82) is 0 Å². The maximum absolute atomic E-state index is 12.5. The predicted molar refractivity (Wildman–Crippen MR) is 130 cm³/mol. The molecule has 1 aliphatic heterocycles. The van der Waals surface area contributed by atoms with Crippen LogP contribution in [0.15, 0.2) is 36.7 Å². The van der Waals surface area contributed by atoms with E-state index in [1.54, 1.807) is 26.6 Å². The van der Waals surface area contributed by atoms with E-state index in [0.29, 0.717) is 35.2 Å². The summed E-state index contributed by atoms with van der Waals surface area (Å²) in [5.74, 6) is 2.69. The Balaban J connectivity index is 1.35. The molecule has 3 aromatic rings. The summed E-state index contributed by atoms with van der Waals surface area (Å²) in [4.78, 5) is 23.8. The van der Waals surface area contributed by atoms with E-state index in [4.69, 9.17) is 15.2 Å². The average Bonchev–Trinajstić information content (AvgIpc) is 2.84. The first-order valence-corrected chi connectivity index (χ1v) is 11.3. The molecule has 0 aliphatic carbocycles. The molecule has 3 N–H and O–H groups in total. The number of nitrogens with zero attached hydrogens (tertiary/aromatic N) is 3. The third-order valence-electron chi connectivity index (χ3n) is 6.33. The third-order valence-corrected chi connectivity index (χ3v) is 6.33. The molecule has 8 nitrogen and oxygen atoms in total. The average molecular weight is 450 g/mol. The molecule has 2 heterocycles. The summed E-state index contributed by atoms with van der Waals surface area (Å²) in [6.45, 7) is 4.41. The highest BCUT2D eigenvalue weighted by Crippen LogP contribution is 2.35. The fraction of sp³-hybridized carbons (Fsp3) is 0.400. The van der Waals surface area contributed by atoms with E-state index in [1.807, 2.05) is 31.2 Å². The number of hydrogen-bond acceptors (Lipinski definition) is 7. The van der Waals surface area contributed by atoms with Gasteiger partial charge >= 0.3 is 0 Å². The number of piperidine rings is 1. The lowest BCUT2D eigenvalue weighted by Crippen LogP contribution is -2.36. The van der Waals surface area contributed by atoms with Gasteiger partial charge in [0.15, 0.2) is 11.5 Å². The Kier molecular flexibility index (Phi) is 6.82. The van der Waals surface area contributed by atoms with E-state index in [0.717, 1.165) is 54.6 Å². The lowest BCUT2D eigenvalue weighted by atomic mass is 9.93. The number of anilines is 2. The Bertz CT molecular complexity index is 1140. The number of methoxy groups -OCH3 is 2. The van der Waals surface area contributed by atoms with Crippen molar-refractivity contribution >= 4 is 28.3 Å². The van der Waals surface area contributed by atoms with Gasteiger partial charge < -0.3 is 25.4 Å². The summed E-state index contributed by atoms with van der Waals surface area (Å²) in [7, 11) is 3.25. The standard InChI is InChI=1S/C25H31N5O3/c1-16-4-5-20(26)18(12-16)25(31)27-9-6-17-7-10-30(11-8-17)24-19-13-22(32-2)23(33-3)14-21(19)28-15-29-24/h4-5,12-15,17H,6-11,26H2,1-3H3,(H,27,31). The molecule has 1 aromatic heterocycles. The highest BCUT2D eigenvalue weighted by atomic mass is 16.5. The van der Waals surface area contributed by atoms with Crippen LogP contribution in [0.1, 0.15) is 35.2 Å². The van der Waals surface area contributed by atoms with Crippen LogP contribution in [-0.2, 0) is 0 Å².